The van der Waals surface area contributed by atoms with Gasteiger partial charge in [-0.3, -0.25) is 4.79 Å². The molecule has 0 bridgehead atoms. The number of carbonyl (C=O) groups excluding carboxylic acids is 1. The van der Waals surface area contributed by atoms with Gasteiger partial charge in [0.15, 0.2) is 5.82 Å². The lowest BCUT2D eigenvalue weighted by molar-refractivity contribution is -0.115. The molecule has 1 heterocycles. The highest BCUT2D eigenvalue weighted by atomic mass is 35.5. The van der Waals surface area contributed by atoms with E-state index in [1.807, 2.05) is 0 Å². The molecule has 106 valence electrons. The van der Waals surface area contributed by atoms with Crippen LogP contribution in [0.4, 0.5) is 10.2 Å². The highest BCUT2D eigenvalue weighted by molar-refractivity contribution is 8.00. The number of hydrogen-bond donors (Lipinski definition) is 1. The van der Waals surface area contributed by atoms with Gasteiger partial charge in [0.05, 0.1) is 10.3 Å². The number of nitrogens with zero attached hydrogens (tertiary/aromatic N) is 1. The third-order valence-corrected chi connectivity index (χ3v) is 3.84. The van der Waals surface area contributed by atoms with Crippen molar-refractivity contribution in [3.8, 4) is 0 Å². The summed E-state index contributed by atoms with van der Waals surface area (Å²) in [6.07, 6.45) is 0. The van der Waals surface area contributed by atoms with Gasteiger partial charge in [-0.15, -0.1) is 11.8 Å². The van der Waals surface area contributed by atoms with E-state index < -0.39 is 5.82 Å². The first kappa shape index (κ1) is 14.9. The van der Waals surface area contributed by atoms with E-state index in [0.29, 0.717) is 11.6 Å². The second-order valence-electron chi connectivity index (χ2n) is 4.15. The molecule has 0 aliphatic heterocycles. The minimum absolute atomic E-state index is 0.0368. The Hall–Kier alpha value is -1.53. The molecule has 0 aliphatic carbocycles. The SMILES string of the molecule is Cc1cc(NC(=O)[C@H](C)Sc2ccc(F)c(Cl)c2)no1. The van der Waals surface area contributed by atoms with Crippen LogP contribution in [0.25, 0.3) is 0 Å². The molecule has 1 aromatic heterocycles. The molecule has 1 N–H and O–H groups in total. The zero-order valence-electron chi connectivity index (χ0n) is 10.8. The number of rotatable bonds is 4. The third-order valence-electron chi connectivity index (χ3n) is 2.45. The van der Waals surface area contributed by atoms with Gasteiger partial charge in [0.2, 0.25) is 5.91 Å². The monoisotopic (exact) mass is 314 g/mol. The summed E-state index contributed by atoms with van der Waals surface area (Å²) in [6.45, 7) is 3.48. The van der Waals surface area contributed by atoms with E-state index >= 15 is 0 Å². The first-order valence-electron chi connectivity index (χ1n) is 5.81. The number of thioether (sulfide) groups is 1. The normalized spacial score (nSPS) is 12.2. The maximum atomic E-state index is 13.0. The van der Waals surface area contributed by atoms with Crippen LogP contribution < -0.4 is 5.32 Å². The van der Waals surface area contributed by atoms with E-state index in [-0.39, 0.29) is 16.2 Å². The number of halogens is 2. The summed E-state index contributed by atoms with van der Waals surface area (Å²) in [6, 6.07) is 5.97. The Morgan fingerprint density at radius 3 is 2.85 bits per heavy atom. The summed E-state index contributed by atoms with van der Waals surface area (Å²) in [4.78, 5) is 12.7. The van der Waals surface area contributed by atoms with Crippen molar-refractivity contribution in [2.24, 2.45) is 0 Å². The molecule has 0 spiro atoms. The number of anilines is 1. The van der Waals surface area contributed by atoms with Crippen LogP contribution in [-0.4, -0.2) is 16.3 Å². The molecule has 0 saturated carbocycles. The van der Waals surface area contributed by atoms with Crippen LogP contribution in [0.2, 0.25) is 5.02 Å². The van der Waals surface area contributed by atoms with Gasteiger partial charge in [-0.25, -0.2) is 4.39 Å². The van der Waals surface area contributed by atoms with Gasteiger partial charge in [0.25, 0.3) is 0 Å². The largest absolute Gasteiger partial charge is 0.360 e. The van der Waals surface area contributed by atoms with Crippen molar-refractivity contribution >= 4 is 35.1 Å². The maximum Gasteiger partial charge on any atom is 0.238 e. The molecule has 0 radical (unpaired) electrons. The Morgan fingerprint density at radius 2 is 2.25 bits per heavy atom. The molecule has 4 nitrogen and oxygen atoms in total. The van der Waals surface area contributed by atoms with Crippen LogP contribution in [0.3, 0.4) is 0 Å². The Kier molecular flexibility index (Phi) is 4.67. The average molecular weight is 315 g/mol. The van der Waals surface area contributed by atoms with Gasteiger partial charge >= 0.3 is 0 Å². The molecule has 7 heteroatoms. The fraction of sp³-hybridized carbons (Fsp3) is 0.231. The summed E-state index contributed by atoms with van der Waals surface area (Å²) in [5.74, 6) is 0.290. The van der Waals surface area contributed by atoms with Gasteiger partial charge in [-0.2, -0.15) is 0 Å². The van der Waals surface area contributed by atoms with E-state index in [0.717, 1.165) is 4.90 Å². The minimum atomic E-state index is -0.480. The second kappa shape index (κ2) is 6.28. The number of benzene rings is 1. The first-order chi connectivity index (χ1) is 9.45. The predicted molar refractivity (Wildman–Crippen MR) is 76.6 cm³/mol. The van der Waals surface area contributed by atoms with Gasteiger partial charge in [0, 0.05) is 11.0 Å². The van der Waals surface area contributed by atoms with E-state index in [9.17, 15) is 9.18 Å². The fourth-order valence-corrected chi connectivity index (χ4v) is 2.61. The number of nitrogens with one attached hydrogen (secondary N) is 1. The van der Waals surface area contributed by atoms with Crippen molar-refractivity contribution in [1.82, 2.24) is 5.16 Å². The fourth-order valence-electron chi connectivity index (χ4n) is 1.46. The van der Waals surface area contributed by atoms with Crippen molar-refractivity contribution in [2.45, 2.75) is 24.0 Å². The lowest BCUT2D eigenvalue weighted by atomic mass is 10.3. The highest BCUT2D eigenvalue weighted by Crippen LogP contribution is 2.27. The van der Waals surface area contributed by atoms with E-state index in [4.69, 9.17) is 16.1 Å². The van der Waals surface area contributed by atoms with Crippen molar-refractivity contribution in [3.63, 3.8) is 0 Å². The Labute approximate surface area is 124 Å². The van der Waals surface area contributed by atoms with Crippen LogP contribution in [-0.2, 0) is 4.79 Å². The third kappa shape index (κ3) is 3.74. The van der Waals surface area contributed by atoms with Crippen LogP contribution in [0.5, 0.6) is 0 Å². The molecule has 2 aromatic rings. The molecule has 1 aromatic carbocycles. The molecule has 1 amide bonds. The lowest BCUT2D eigenvalue weighted by Gasteiger charge is -2.10. The summed E-state index contributed by atoms with van der Waals surface area (Å²) in [5, 5.41) is 5.98. The van der Waals surface area contributed by atoms with Crippen LogP contribution in [0, 0.1) is 12.7 Å². The number of carbonyl (C=O) groups is 1. The number of aromatic nitrogens is 1. The van der Waals surface area contributed by atoms with Crippen LogP contribution in [0.15, 0.2) is 33.7 Å². The molecule has 0 unspecified atom stereocenters. The highest BCUT2D eigenvalue weighted by Gasteiger charge is 2.16. The molecule has 1 atom stereocenters. The van der Waals surface area contributed by atoms with E-state index in [2.05, 4.69) is 10.5 Å². The quantitative estimate of drug-likeness (QED) is 0.870. The van der Waals surface area contributed by atoms with Crippen molar-refractivity contribution in [1.29, 1.82) is 0 Å². The van der Waals surface area contributed by atoms with E-state index in [1.54, 1.807) is 26.0 Å². The summed E-state index contributed by atoms with van der Waals surface area (Å²) < 4.78 is 17.9. The molecule has 20 heavy (non-hydrogen) atoms. The topological polar surface area (TPSA) is 55.1 Å². The Morgan fingerprint density at radius 1 is 1.50 bits per heavy atom. The molecular weight excluding hydrogens is 303 g/mol. The van der Waals surface area contributed by atoms with Gasteiger partial charge in [0.1, 0.15) is 11.6 Å². The van der Waals surface area contributed by atoms with Crippen molar-refractivity contribution in [3.05, 3.63) is 40.9 Å². The lowest BCUT2D eigenvalue weighted by Crippen LogP contribution is -2.22. The summed E-state index contributed by atoms with van der Waals surface area (Å²) in [5.41, 5.74) is 0. The summed E-state index contributed by atoms with van der Waals surface area (Å²) >= 11 is 6.98. The Balaban J connectivity index is 1.98. The number of aryl methyl sites for hydroxylation is 1. The average Bonchev–Trinajstić information content (AvgIpc) is 2.79. The second-order valence-corrected chi connectivity index (χ2v) is 5.97. The molecule has 0 saturated heterocycles. The number of amides is 1. The zero-order chi connectivity index (χ0) is 14.7. The first-order valence-corrected chi connectivity index (χ1v) is 7.07. The maximum absolute atomic E-state index is 13.0. The van der Waals surface area contributed by atoms with Crippen LogP contribution in [0.1, 0.15) is 12.7 Å². The van der Waals surface area contributed by atoms with Gasteiger partial charge in [-0.05, 0) is 32.0 Å². The van der Waals surface area contributed by atoms with Crippen molar-refractivity contribution in [2.75, 3.05) is 5.32 Å². The minimum Gasteiger partial charge on any atom is -0.360 e. The summed E-state index contributed by atoms with van der Waals surface area (Å²) in [7, 11) is 0. The van der Waals surface area contributed by atoms with Crippen LogP contribution >= 0.6 is 23.4 Å². The van der Waals surface area contributed by atoms with Gasteiger partial charge in [-0.1, -0.05) is 16.8 Å². The predicted octanol–water partition coefficient (Wildman–Crippen LogP) is 3.89. The zero-order valence-corrected chi connectivity index (χ0v) is 12.4. The standard InChI is InChI=1S/C13H12ClFN2O2S/c1-7-5-12(17-19-7)16-13(18)8(2)20-9-3-4-11(15)10(14)6-9/h3-6,8H,1-2H3,(H,16,17,18)/t8-/m0/s1. The van der Waals surface area contributed by atoms with Gasteiger partial charge < -0.3 is 9.84 Å². The molecule has 2 rings (SSSR count). The van der Waals surface area contributed by atoms with E-state index in [1.165, 1.54) is 23.9 Å². The molecule has 0 aliphatic rings. The smallest absolute Gasteiger partial charge is 0.238 e. The molecule has 0 fully saturated rings. The Bertz CT molecular complexity index is 633. The number of hydrogen-bond acceptors (Lipinski definition) is 4. The molecular formula is C13H12ClFN2O2S. The van der Waals surface area contributed by atoms with Crippen molar-refractivity contribution < 1.29 is 13.7 Å².